The van der Waals surface area contributed by atoms with Gasteiger partial charge in [0.15, 0.2) is 0 Å². The minimum Gasteiger partial charge on any atom is -0.481 e. The van der Waals surface area contributed by atoms with Crippen molar-refractivity contribution in [1.29, 1.82) is 0 Å². The van der Waals surface area contributed by atoms with Gasteiger partial charge in [0.1, 0.15) is 6.61 Å². The first-order chi connectivity index (χ1) is 9.04. The number of hydrogen-bond donors (Lipinski definition) is 2. The summed E-state index contributed by atoms with van der Waals surface area (Å²) in [6, 6.07) is -0.0131. The number of nitrogens with one attached hydrogen (secondary N) is 1. The summed E-state index contributed by atoms with van der Waals surface area (Å²) in [6.45, 7) is 4.19. The summed E-state index contributed by atoms with van der Waals surface area (Å²) >= 11 is 0. The van der Waals surface area contributed by atoms with Crippen LogP contribution in [0.4, 0.5) is 4.79 Å². The Bertz CT molecular complexity index is 375. The third kappa shape index (κ3) is 3.26. The van der Waals surface area contributed by atoms with Crippen molar-refractivity contribution in [3.63, 3.8) is 0 Å². The number of carbonyl (C=O) groups excluding carboxylic acids is 1. The molecule has 2 fully saturated rings. The molecule has 1 amide bonds. The lowest BCUT2D eigenvalue weighted by Gasteiger charge is -2.50. The Morgan fingerprint density at radius 2 is 2.21 bits per heavy atom. The standard InChI is InChI=1S/C13H19NO5/c1-2-4-18-12(17)14-10-3-5-19-13(8-10)6-9(7-13)11(15)16/h2,9-10H,1,3-8H2,(H,14,17)(H,15,16). The zero-order valence-corrected chi connectivity index (χ0v) is 10.8. The summed E-state index contributed by atoms with van der Waals surface area (Å²) in [7, 11) is 0. The van der Waals surface area contributed by atoms with Gasteiger partial charge in [0.05, 0.1) is 11.5 Å². The topological polar surface area (TPSA) is 84.9 Å². The third-order valence-corrected chi connectivity index (χ3v) is 3.73. The maximum Gasteiger partial charge on any atom is 0.407 e. The van der Waals surface area contributed by atoms with Crippen LogP contribution in [0.15, 0.2) is 12.7 Å². The minimum absolute atomic E-state index is 0.0131. The molecule has 1 spiro atoms. The third-order valence-electron chi connectivity index (χ3n) is 3.73. The molecular weight excluding hydrogens is 250 g/mol. The maximum atomic E-state index is 11.4. The van der Waals surface area contributed by atoms with E-state index < -0.39 is 12.1 Å². The van der Waals surface area contributed by atoms with Crippen molar-refractivity contribution in [2.75, 3.05) is 13.2 Å². The summed E-state index contributed by atoms with van der Waals surface area (Å²) in [5, 5.41) is 11.7. The average molecular weight is 269 g/mol. The van der Waals surface area contributed by atoms with Gasteiger partial charge in [-0.25, -0.2) is 4.79 Å². The Kier molecular flexibility index (Phi) is 4.09. The first-order valence-corrected chi connectivity index (χ1v) is 6.45. The van der Waals surface area contributed by atoms with Crippen molar-refractivity contribution in [2.45, 2.75) is 37.3 Å². The molecule has 0 aromatic heterocycles. The summed E-state index contributed by atoms with van der Waals surface area (Å²) in [6.07, 6.45) is 3.48. The van der Waals surface area contributed by atoms with Crippen LogP contribution in [0, 0.1) is 5.92 Å². The summed E-state index contributed by atoms with van der Waals surface area (Å²) in [5.41, 5.74) is -0.363. The van der Waals surface area contributed by atoms with Crippen LogP contribution in [0.2, 0.25) is 0 Å². The Balaban J connectivity index is 1.80. The van der Waals surface area contributed by atoms with E-state index in [9.17, 15) is 9.59 Å². The van der Waals surface area contributed by atoms with Crippen LogP contribution in [-0.4, -0.2) is 42.0 Å². The van der Waals surface area contributed by atoms with Gasteiger partial charge in [-0.05, 0) is 25.7 Å². The van der Waals surface area contributed by atoms with Crippen LogP contribution in [0.1, 0.15) is 25.7 Å². The smallest absolute Gasteiger partial charge is 0.407 e. The summed E-state index contributed by atoms with van der Waals surface area (Å²) in [5.74, 6) is -1.08. The molecule has 1 saturated carbocycles. The molecule has 1 aliphatic heterocycles. The van der Waals surface area contributed by atoms with Crippen molar-refractivity contribution >= 4 is 12.1 Å². The Labute approximate surface area is 111 Å². The van der Waals surface area contributed by atoms with Crippen LogP contribution >= 0.6 is 0 Å². The molecule has 6 heteroatoms. The SMILES string of the molecule is C=CCOC(=O)NC1CCOC2(C1)CC(C(=O)O)C2. The van der Waals surface area contributed by atoms with E-state index in [1.54, 1.807) is 0 Å². The van der Waals surface area contributed by atoms with Crippen molar-refractivity contribution < 1.29 is 24.2 Å². The van der Waals surface area contributed by atoms with Crippen LogP contribution in [-0.2, 0) is 14.3 Å². The molecule has 6 nitrogen and oxygen atoms in total. The molecule has 1 heterocycles. The van der Waals surface area contributed by atoms with Crippen molar-refractivity contribution in [3.05, 3.63) is 12.7 Å². The highest BCUT2D eigenvalue weighted by Crippen LogP contribution is 2.46. The molecule has 0 bridgehead atoms. The highest BCUT2D eigenvalue weighted by Gasteiger charge is 2.51. The largest absolute Gasteiger partial charge is 0.481 e. The Hall–Kier alpha value is -1.56. The fourth-order valence-corrected chi connectivity index (χ4v) is 2.79. The zero-order chi connectivity index (χ0) is 13.9. The molecule has 2 rings (SSSR count). The van der Waals surface area contributed by atoms with Crippen LogP contribution in [0.3, 0.4) is 0 Å². The second-order valence-corrected chi connectivity index (χ2v) is 5.20. The predicted octanol–water partition coefficient (Wildman–Crippen LogP) is 1.31. The summed E-state index contributed by atoms with van der Waals surface area (Å²) < 4.78 is 10.6. The molecule has 1 atom stereocenters. The van der Waals surface area contributed by atoms with Crippen molar-refractivity contribution in [1.82, 2.24) is 5.32 Å². The van der Waals surface area contributed by atoms with Gasteiger partial charge >= 0.3 is 12.1 Å². The Morgan fingerprint density at radius 1 is 1.47 bits per heavy atom. The second-order valence-electron chi connectivity index (χ2n) is 5.20. The molecule has 2 aliphatic rings. The molecule has 19 heavy (non-hydrogen) atoms. The number of hydrogen-bond acceptors (Lipinski definition) is 4. The van der Waals surface area contributed by atoms with Gasteiger partial charge < -0.3 is 19.9 Å². The quantitative estimate of drug-likeness (QED) is 0.752. The van der Waals surface area contributed by atoms with Gasteiger partial charge in [-0.2, -0.15) is 0 Å². The van der Waals surface area contributed by atoms with Crippen LogP contribution in [0.25, 0.3) is 0 Å². The van der Waals surface area contributed by atoms with E-state index in [1.807, 2.05) is 0 Å². The Morgan fingerprint density at radius 3 is 2.84 bits per heavy atom. The number of rotatable bonds is 4. The number of carbonyl (C=O) groups is 2. The maximum absolute atomic E-state index is 11.4. The number of ether oxygens (including phenoxy) is 2. The van der Waals surface area contributed by atoms with Gasteiger partial charge in [-0.1, -0.05) is 12.7 Å². The normalized spacial score (nSPS) is 33.3. The lowest BCUT2D eigenvalue weighted by Crippen LogP contribution is -2.56. The molecule has 0 aromatic carbocycles. The van der Waals surface area contributed by atoms with Crippen molar-refractivity contribution in [3.8, 4) is 0 Å². The molecule has 2 N–H and O–H groups in total. The van der Waals surface area contributed by atoms with E-state index in [2.05, 4.69) is 11.9 Å². The van der Waals surface area contributed by atoms with Crippen molar-refractivity contribution in [2.24, 2.45) is 5.92 Å². The lowest BCUT2D eigenvalue weighted by molar-refractivity contribution is -0.181. The van der Waals surface area contributed by atoms with E-state index >= 15 is 0 Å². The number of carboxylic acid groups (broad SMARTS) is 1. The molecule has 1 unspecified atom stereocenters. The van der Waals surface area contributed by atoms with E-state index in [1.165, 1.54) is 6.08 Å². The second kappa shape index (κ2) is 5.61. The monoisotopic (exact) mass is 269 g/mol. The van der Waals surface area contributed by atoms with Crippen LogP contribution in [0.5, 0.6) is 0 Å². The number of amides is 1. The zero-order valence-electron chi connectivity index (χ0n) is 10.8. The highest BCUT2D eigenvalue weighted by molar-refractivity contribution is 5.71. The van der Waals surface area contributed by atoms with E-state index in [0.717, 1.165) is 6.42 Å². The van der Waals surface area contributed by atoms with Gasteiger partial charge in [0.2, 0.25) is 0 Å². The molecule has 1 aliphatic carbocycles. The van der Waals surface area contributed by atoms with Gasteiger partial charge in [0.25, 0.3) is 0 Å². The predicted molar refractivity (Wildman–Crippen MR) is 66.7 cm³/mol. The van der Waals surface area contributed by atoms with Gasteiger partial charge in [0, 0.05) is 12.6 Å². The van der Waals surface area contributed by atoms with E-state index in [0.29, 0.717) is 25.9 Å². The van der Waals surface area contributed by atoms with E-state index in [-0.39, 0.29) is 24.2 Å². The van der Waals surface area contributed by atoms with Gasteiger partial charge in [-0.15, -0.1) is 0 Å². The fraction of sp³-hybridized carbons (Fsp3) is 0.692. The summed E-state index contributed by atoms with van der Waals surface area (Å²) in [4.78, 5) is 22.3. The van der Waals surface area contributed by atoms with E-state index in [4.69, 9.17) is 14.6 Å². The van der Waals surface area contributed by atoms with Gasteiger partial charge in [-0.3, -0.25) is 4.79 Å². The highest BCUT2D eigenvalue weighted by atomic mass is 16.5. The molecule has 0 aromatic rings. The number of carboxylic acids is 1. The number of aliphatic carboxylic acids is 1. The molecule has 106 valence electrons. The fourth-order valence-electron chi connectivity index (χ4n) is 2.79. The number of alkyl carbamates (subject to hydrolysis) is 1. The molecular formula is C13H19NO5. The lowest BCUT2D eigenvalue weighted by atomic mass is 9.66. The first-order valence-electron chi connectivity index (χ1n) is 6.45. The molecule has 1 saturated heterocycles. The first kappa shape index (κ1) is 13.9. The molecule has 0 radical (unpaired) electrons. The van der Waals surface area contributed by atoms with Crippen LogP contribution < -0.4 is 5.32 Å². The minimum atomic E-state index is -0.769. The average Bonchev–Trinajstić information content (AvgIpc) is 2.33.